The Morgan fingerprint density at radius 1 is 1.00 bits per heavy atom. The van der Waals surface area contributed by atoms with Crippen molar-refractivity contribution < 1.29 is 23.1 Å². The molecular formula is C26H22F3N7O2. The van der Waals surface area contributed by atoms with E-state index >= 15 is 0 Å². The molecule has 0 saturated heterocycles. The van der Waals surface area contributed by atoms with Gasteiger partial charge in [-0.25, -0.2) is 9.78 Å². The molecule has 38 heavy (non-hydrogen) atoms. The number of carboxylic acids is 1. The number of anilines is 2. The first kappa shape index (κ1) is 24.8. The standard InChI is InChI=1S/C24H21N7.C2HF3O2/c1-15-12-22-21(30(15)14-17-8-4-3-5-9-17)13-20(23-29-28-16(2)31(22)23)27-24-25-18-10-6-7-11-19(18)26-24;3-2(4,5)1(6)7/h3-13H,14H2,1-2H3,(H2,25,26,27);(H,6,7). The number of H-pyrrole nitrogens is 1. The first-order valence-electron chi connectivity index (χ1n) is 11.5. The number of halogens is 3. The smallest absolute Gasteiger partial charge is 0.475 e. The molecule has 2 aromatic carbocycles. The third kappa shape index (κ3) is 4.75. The lowest BCUT2D eigenvalue weighted by molar-refractivity contribution is -0.192. The fourth-order valence-electron chi connectivity index (χ4n) is 4.24. The third-order valence-corrected chi connectivity index (χ3v) is 5.98. The van der Waals surface area contributed by atoms with Crippen molar-refractivity contribution in [2.45, 2.75) is 26.6 Å². The number of benzene rings is 2. The molecule has 0 aliphatic heterocycles. The molecule has 0 amide bonds. The molecule has 0 aliphatic rings. The largest absolute Gasteiger partial charge is 0.490 e. The van der Waals surface area contributed by atoms with E-state index < -0.39 is 12.1 Å². The Labute approximate surface area is 213 Å². The fraction of sp³-hybridized carbons (Fsp3) is 0.154. The highest BCUT2D eigenvalue weighted by molar-refractivity contribution is 5.90. The number of para-hydroxylation sites is 2. The summed E-state index contributed by atoms with van der Waals surface area (Å²) in [6, 6.07) is 22.8. The molecule has 4 heterocycles. The van der Waals surface area contributed by atoms with Gasteiger partial charge in [0.15, 0.2) is 5.65 Å². The van der Waals surface area contributed by atoms with Gasteiger partial charge in [0.05, 0.1) is 27.8 Å². The number of hydrogen-bond donors (Lipinski definition) is 3. The van der Waals surface area contributed by atoms with E-state index in [0.717, 1.165) is 45.8 Å². The Morgan fingerprint density at radius 2 is 1.68 bits per heavy atom. The fourth-order valence-corrected chi connectivity index (χ4v) is 4.24. The van der Waals surface area contributed by atoms with Crippen LogP contribution < -0.4 is 5.32 Å². The predicted octanol–water partition coefficient (Wildman–Crippen LogP) is 5.60. The summed E-state index contributed by atoms with van der Waals surface area (Å²) in [5.41, 5.74) is 8.22. The summed E-state index contributed by atoms with van der Waals surface area (Å²) in [5, 5.41) is 19.4. The van der Waals surface area contributed by atoms with Crippen molar-refractivity contribution in [3.8, 4) is 0 Å². The molecule has 0 atom stereocenters. The van der Waals surface area contributed by atoms with E-state index in [2.05, 4.69) is 77.8 Å². The first-order valence-corrected chi connectivity index (χ1v) is 11.5. The zero-order chi connectivity index (χ0) is 27.0. The number of nitrogens with one attached hydrogen (secondary N) is 2. The summed E-state index contributed by atoms with van der Waals surface area (Å²) in [6.45, 7) is 4.92. The summed E-state index contributed by atoms with van der Waals surface area (Å²) in [4.78, 5) is 16.9. The molecule has 0 aliphatic carbocycles. The van der Waals surface area contributed by atoms with Crippen molar-refractivity contribution in [2.24, 2.45) is 0 Å². The number of fused-ring (bicyclic) bond motifs is 4. The molecule has 4 aromatic heterocycles. The van der Waals surface area contributed by atoms with Crippen molar-refractivity contribution in [3.63, 3.8) is 0 Å². The van der Waals surface area contributed by atoms with E-state index in [1.807, 2.05) is 37.3 Å². The summed E-state index contributed by atoms with van der Waals surface area (Å²) < 4.78 is 36.2. The average Bonchev–Trinajstić information content (AvgIpc) is 3.55. The molecule has 0 fully saturated rings. The lowest BCUT2D eigenvalue weighted by Gasteiger charge is -2.11. The Balaban J connectivity index is 0.000000374. The molecule has 0 bridgehead atoms. The molecule has 0 saturated carbocycles. The van der Waals surface area contributed by atoms with Gasteiger partial charge < -0.3 is 20.0 Å². The van der Waals surface area contributed by atoms with Crippen LogP contribution in [0.3, 0.4) is 0 Å². The number of imidazole rings is 1. The summed E-state index contributed by atoms with van der Waals surface area (Å²) in [5.74, 6) is -1.22. The highest BCUT2D eigenvalue weighted by Crippen LogP contribution is 2.30. The Bertz CT molecular complexity index is 1740. The van der Waals surface area contributed by atoms with Gasteiger partial charge in [0.2, 0.25) is 5.95 Å². The Hall–Kier alpha value is -4.87. The van der Waals surface area contributed by atoms with Crippen LogP contribution in [-0.4, -0.2) is 46.4 Å². The monoisotopic (exact) mass is 521 g/mol. The van der Waals surface area contributed by atoms with Gasteiger partial charge in [0.25, 0.3) is 0 Å². The lowest BCUT2D eigenvalue weighted by Crippen LogP contribution is -2.21. The van der Waals surface area contributed by atoms with E-state index in [-0.39, 0.29) is 0 Å². The minimum absolute atomic E-state index is 0.681. The zero-order valence-corrected chi connectivity index (χ0v) is 20.3. The quantitative estimate of drug-likeness (QED) is 0.278. The lowest BCUT2D eigenvalue weighted by atomic mass is 10.2. The summed E-state index contributed by atoms with van der Waals surface area (Å²) in [6.07, 6.45) is -5.08. The number of aromatic nitrogens is 6. The van der Waals surface area contributed by atoms with Crippen molar-refractivity contribution >= 4 is 45.3 Å². The third-order valence-electron chi connectivity index (χ3n) is 5.98. The van der Waals surface area contributed by atoms with Crippen LogP contribution in [0.25, 0.3) is 27.7 Å². The number of nitrogens with zero attached hydrogens (tertiary/aromatic N) is 5. The molecule has 9 nitrogen and oxygen atoms in total. The number of aromatic amines is 1. The minimum atomic E-state index is -5.08. The van der Waals surface area contributed by atoms with Gasteiger partial charge in [-0.2, -0.15) is 13.2 Å². The van der Waals surface area contributed by atoms with E-state index in [9.17, 15) is 13.2 Å². The van der Waals surface area contributed by atoms with Crippen LogP contribution >= 0.6 is 0 Å². The molecular weight excluding hydrogens is 499 g/mol. The van der Waals surface area contributed by atoms with Crippen molar-refractivity contribution in [2.75, 3.05) is 5.32 Å². The Morgan fingerprint density at radius 3 is 2.37 bits per heavy atom. The van der Waals surface area contributed by atoms with Gasteiger partial charge in [-0.3, -0.25) is 4.40 Å². The maximum atomic E-state index is 10.6. The van der Waals surface area contributed by atoms with Crippen LogP contribution in [0.15, 0.2) is 66.7 Å². The number of aryl methyl sites for hydroxylation is 2. The number of rotatable bonds is 4. The number of alkyl halides is 3. The second kappa shape index (κ2) is 9.54. The maximum absolute atomic E-state index is 10.6. The van der Waals surface area contributed by atoms with Crippen molar-refractivity contribution in [3.05, 3.63) is 83.8 Å². The molecule has 12 heteroatoms. The highest BCUT2D eigenvalue weighted by Gasteiger charge is 2.38. The molecule has 6 aromatic rings. The van der Waals surface area contributed by atoms with E-state index in [1.54, 1.807) is 0 Å². The predicted molar refractivity (Wildman–Crippen MR) is 137 cm³/mol. The molecule has 0 spiro atoms. The van der Waals surface area contributed by atoms with E-state index in [1.165, 1.54) is 11.3 Å². The van der Waals surface area contributed by atoms with Crippen LogP contribution in [0.2, 0.25) is 0 Å². The van der Waals surface area contributed by atoms with Gasteiger partial charge in [-0.15, -0.1) is 10.2 Å². The maximum Gasteiger partial charge on any atom is 0.490 e. The second-order valence-electron chi connectivity index (χ2n) is 8.62. The van der Waals surface area contributed by atoms with Gasteiger partial charge in [-0.05, 0) is 43.7 Å². The zero-order valence-electron chi connectivity index (χ0n) is 20.3. The minimum Gasteiger partial charge on any atom is -0.475 e. The van der Waals surface area contributed by atoms with Crippen LogP contribution in [0.4, 0.5) is 24.8 Å². The van der Waals surface area contributed by atoms with Crippen LogP contribution in [0, 0.1) is 13.8 Å². The number of pyridine rings is 1. The second-order valence-corrected chi connectivity index (χ2v) is 8.62. The molecule has 6 rings (SSSR count). The van der Waals surface area contributed by atoms with Crippen LogP contribution in [-0.2, 0) is 11.3 Å². The van der Waals surface area contributed by atoms with Gasteiger partial charge in [-0.1, -0.05) is 42.5 Å². The topological polar surface area (TPSA) is 113 Å². The summed E-state index contributed by atoms with van der Waals surface area (Å²) in [7, 11) is 0. The Kier molecular flexibility index (Phi) is 6.23. The molecule has 3 N–H and O–H groups in total. The summed E-state index contributed by atoms with van der Waals surface area (Å²) >= 11 is 0. The van der Waals surface area contributed by atoms with Gasteiger partial charge in [0.1, 0.15) is 5.82 Å². The molecule has 0 radical (unpaired) electrons. The van der Waals surface area contributed by atoms with E-state index in [0.29, 0.717) is 5.95 Å². The molecule has 194 valence electrons. The van der Waals surface area contributed by atoms with Gasteiger partial charge >= 0.3 is 12.1 Å². The first-order chi connectivity index (χ1) is 18.1. The number of carbonyl (C=O) groups is 1. The SMILES string of the molecule is Cc1cc2c(cc(Nc3nc4ccccc4[nH]3)c3nnc(C)n32)n1Cc1ccccc1.O=C(O)C(F)(F)F. The van der Waals surface area contributed by atoms with Crippen molar-refractivity contribution in [1.29, 1.82) is 0 Å². The van der Waals surface area contributed by atoms with Crippen LogP contribution in [0.1, 0.15) is 17.1 Å². The normalized spacial score (nSPS) is 11.6. The van der Waals surface area contributed by atoms with Crippen molar-refractivity contribution in [1.82, 2.24) is 29.1 Å². The number of aliphatic carboxylic acids is 1. The van der Waals surface area contributed by atoms with Crippen LogP contribution in [0.5, 0.6) is 0 Å². The van der Waals surface area contributed by atoms with Gasteiger partial charge in [0, 0.05) is 12.2 Å². The highest BCUT2D eigenvalue weighted by atomic mass is 19.4. The number of carboxylic acid groups (broad SMARTS) is 1. The number of hydrogen-bond acceptors (Lipinski definition) is 5. The molecule has 0 unspecified atom stereocenters. The average molecular weight is 522 g/mol. The van der Waals surface area contributed by atoms with E-state index in [4.69, 9.17) is 9.90 Å².